The van der Waals surface area contributed by atoms with Crippen LogP contribution in [0.25, 0.3) is 0 Å². The van der Waals surface area contributed by atoms with Gasteiger partial charge >= 0.3 is 0 Å². The molecule has 224 valence electrons. The fourth-order valence-corrected chi connectivity index (χ4v) is 6.93. The number of likely N-dealkylation sites (tertiary alicyclic amines) is 1. The van der Waals surface area contributed by atoms with Crippen molar-refractivity contribution in [2.45, 2.75) is 96.1 Å². The lowest BCUT2D eigenvalue weighted by molar-refractivity contribution is -0.134. The smallest absolute Gasteiger partial charge is 0.242 e. The number of nitrogens with one attached hydrogen (secondary N) is 3. The Kier molecular flexibility index (Phi) is 13.0. The lowest BCUT2D eigenvalue weighted by Gasteiger charge is -2.35. The van der Waals surface area contributed by atoms with Crippen LogP contribution < -0.4 is 22.1 Å². The number of carbonyl (C=O) groups excluding carboxylic acids is 2. The van der Waals surface area contributed by atoms with E-state index in [1.54, 1.807) is 0 Å². The molecule has 1 saturated heterocycles. The Morgan fingerprint density at radius 3 is 1.95 bits per heavy atom. The predicted molar refractivity (Wildman–Crippen MR) is 163 cm³/mol. The zero-order valence-corrected chi connectivity index (χ0v) is 24.9. The van der Waals surface area contributed by atoms with Crippen LogP contribution in [0.5, 0.6) is 0 Å². The lowest BCUT2D eigenvalue weighted by atomic mass is 9.76. The van der Waals surface area contributed by atoms with Gasteiger partial charge in [-0.1, -0.05) is 62.8 Å². The summed E-state index contributed by atoms with van der Waals surface area (Å²) < 4.78 is 0. The Hall–Kier alpha value is -2.32. The van der Waals surface area contributed by atoms with E-state index in [1.165, 1.54) is 25.7 Å². The van der Waals surface area contributed by atoms with Crippen LogP contribution in [0.2, 0.25) is 0 Å². The van der Waals surface area contributed by atoms with Crippen molar-refractivity contribution in [2.75, 3.05) is 19.6 Å². The molecule has 1 heterocycles. The molecule has 7 N–H and O–H groups in total. The Balaban J connectivity index is 0.00000441. The molecule has 0 bridgehead atoms. The summed E-state index contributed by atoms with van der Waals surface area (Å²) in [5.41, 5.74) is 13.7. The first kappa shape index (κ1) is 32.2. The molecule has 2 amide bonds. The lowest BCUT2D eigenvalue weighted by Crippen LogP contribution is -2.54. The number of amides is 2. The highest BCUT2D eigenvalue weighted by Gasteiger charge is 2.36. The summed E-state index contributed by atoms with van der Waals surface area (Å²) in [5.74, 6) is 0.944. The number of nitrogens with two attached hydrogens (primary N) is 2. The zero-order valence-electron chi connectivity index (χ0n) is 24.0. The average Bonchev–Trinajstić information content (AvgIpc) is 2.98. The minimum atomic E-state index is -0.471. The molecule has 2 atom stereocenters. The molecule has 0 aromatic heterocycles. The molecule has 1 aromatic rings. The number of hydrogen-bond donors (Lipinski definition) is 5. The van der Waals surface area contributed by atoms with Gasteiger partial charge < -0.3 is 27.0 Å². The van der Waals surface area contributed by atoms with Gasteiger partial charge in [-0.15, -0.1) is 12.4 Å². The van der Waals surface area contributed by atoms with E-state index in [9.17, 15) is 9.59 Å². The monoisotopic (exact) mass is 574 g/mol. The molecule has 4 rings (SSSR count). The first-order valence-electron chi connectivity index (χ1n) is 15.4. The van der Waals surface area contributed by atoms with E-state index in [2.05, 4.69) is 34.9 Å². The largest absolute Gasteiger partial charge is 0.370 e. The molecule has 1 unspecified atom stereocenters. The number of carbonyl (C=O) groups is 2. The van der Waals surface area contributed by atoms with E-state index in [1.807, 2.05) is 4.90 Å². The van der Waals surface area contributed by atoms with Crippen molar-refractivity contribution in [3.8, 4) is 0 Å². The molecule has 2 aliphatic carbocycles. The predicted octanol–water partition coefficient (Wildman–Crippen LogP) is 4.09. The van der Waals surface area contributed by atoms with Gasteiger partial charge in [0.25, 0.3) is 0 Å². The van der Waals surface area contributed by atoms with Crippen molar-refractivity contribution in [2.24, 2.45) is 35.1 Å². The highest BCUT2D eigenvalue weighted by molar-refractivity contribution is 5.89. The van der Waals surface area contributed by atoms with Crippen LogP contribution in [0.15, 0.2) is 24.3 Å². The van der Waals surface area contributed by atoms with Crippen molar-refractivity contribution in [3.63, 3.8) is 0 Å². The van der Waals surface area contributed by atoms with Crippen molar-refractivity contribution in [3.05, 3.63) is 35.4 Å². The molecule has 8 nitrogen and oxygen atoms in total. The van der Waals surface area contributed by atoms with Gasteiger partial charge in [0.2, 0.25) is 11.8 Å². The molecule has 3 fully saturated rings. The average molecular weight is 575 g/mol. The van der Waals surface area contributed by atoms with E-state index in [-0.39, 0.29) is 42.0 Å². The Labute approximate surface area is 246 Å². The molecule has 0 spiro atoms. The number of rotatable bonds is 10. The fourth-order valence-electron chi connectivity index (χ4n) is 6.93. The van der Waals surface area contributed by atoms with E-state index < -0.39 is 6.04 Å². The van der Waals surface area contributed by atoms with Crippen LogP contribution in [0.4, 0.5) is 0 Å². The van der Waals surface area contributed by atoms with Gasteiger partial charge in [-0.05, 0) is 73.8 Å². The molecule has 2 saturated carbocycles. The number of hydrogen-bond acceptors (Lipinski definition) is 4. The number of guanidine groups is 1. The summed E-state index contributed by atoms with van der Waals surface area (Å²) in [7, 11) is 0. The second-order valence-electron chi connectivity index (χ2n) is 12.2. The molecule has 9 heteroatoms. The summed E-state index contributed by atoms with van der Waals surface area (Å²) >= 11 is 0. The van der Waals surface area contributed by atoms with Crippen molar-refractivity contribution in [1.82, 2.24) is 15.5 Å². The molecule has 40 heavy (non-hydrogen) atoms. The van der Waals surface area contributed by atoms with Crippen LogP contribution in [0.3, 0.4) is 0 Å². The third kappa shape index (κ3) is 9.10. The van der Waals surface area contributed by atoms with Crippen LogP contribution >= 0.6 is 12.4 Å². The van der Waals surface area contributed by atoms with Gasteiger partial charge in [0.05, 0.1) is 0 Å². The Morgan fingerprint density at radius 2 is 1.40 bits per heavy atom. The number of piperidine rings is 1. The first-order chi connectivity index (χ1) is 18.9. The van der Waals surface area contributed by atoms with Crippen LogP contribution in [0.1, 0.15) is 88.2 Å². The maximum Gasteiger partial charge on any atom is 0.242 e. The molecule has 1 aliphatic heterocycles. The topological polar surface area (TPSA) is 137 Å². The van der Waals surface area contributed by atoms with Crippen LogP contribution in [-0.4, -0.2) is 48.3 Å². The summed E-state index contributed by atoms with van der Waals surface area (Å²) in [5, 5.41) is 14.2. The number of benzene rings is 1. The van der Waals surface area contributed by atoms with E-state index >= 15 is 0 Å². The summed E-state index contributed by atoms with van der Waals surface area (Å²) in [6.45, 7) is 2.64. The maximum atomic E-state index is 14.0. The van der Waals surface area contributed by atoms with Gasteiger partial charge in [0, 0.05) is 32.1 Å². The Bertz CT molecular complexity index is 938. The molecule has 0 radical (unpaired) electrons. The number of nitrogens with zero attached hydrogens (tertiary/aromatic N) is 1. The van der Waals surface area contributed by atoms with Crippen LogP contribution in [0, 0.1) is 29.1 Å². The summed E-state index contributed by atoms with van der Waals surface area (Å²) in [4.78, 5) is 29.5. The van der Waals surface area contributed by atoms with Crippen molar-refractivity contribution in [1.29, 1.82) is 5.41 Å². The third-order valence-electron chi connectivity index (χ3n) is 9.49. The highest BCUT2D eigenvalue weighted by Crippen LogP contribution is 2.33. The van der Waals surface area contributed by atoms with E-state index in [0.29, 0.717) is 31.3 Å². The summed E-state index contributed by atoms with van der Waals surface area (Å²) in [6.07, 6.45) is 13.7. The van der Waals surface area contributed by atoms with Crippen LogP contribution in [-0.2, 0) is 22.6 Å². The second-order valence-corrected chi connectivity index (χ2v) is 12.2. The van der Waals surface area contributed by atoms with Gasteiger partial charge in [-0.3, -0.25) is 15.0 Å². The molecule has 1 aromatic carbocycles. The van der Waals surface area contributed by atoms with Gasteiger partial charge in [0.1, 0.15) is 6.04 Å². The zero-order chi connectivity index (χ0) is 27.6. The quantitative estimate of drug-likeness (QED) is 0.212. The molecule has 3 aliphatic rings. The third-order valence-corrected chi connectivity index (χ3v) is 9.49. The minimum absolute atomic E-state index is 0. The number of halogens is 1. The molecular weight excluding hydrogens is 524 g/mol. The van der Waals surface area contributed by atoms with E-state index in [4.69, 9.17) is 16.9 Å². The maximum absolute atomic E-state index is 14.0. The molecular formula is C31H51ClN6O2. The Morgan fingerprint density at radius 1 is 0.850 bits per heavy atom. The first-order valence-corrected chi connectivity index (χ1v) is 15.4. The van der Waals surface area contributed by atoms with Crippen molar-refractivity contribution < 1.29 is 9.59 Å². The highest BCUT2D eigenvalue weighted by atomic mass is 35.5. The van der Waals surface area contributed by atoms with Gasteiger partial charge in [-0.25, -0.2) is 0 Å². The SMILES string of the molecule is Cl.N=C(N)N1CCC(CNC(=O)[C@@H](NC(=O)C(Cc2ccc(CN)cc2)C2CCCCC2)C2CCCCC2)CC1. The fraction of sp³-hybridized carbons (Fsp3) is 0.710. The van der Waals surface area contributed by atoms with Gasteiger partial charge in [0.15, 0.2) is 5.96 Å². The standard InChI is InChI=1S/C31H50N6O2.ClH/c32-20-23-13-11-22(12-14-23)19-27(25-7-3-1-4-8-25)29(38)36-28(26-9-5-2-6-10-26)30(39)35-21-24-15-17-37(18-16-24)31(33)34;/h11-14,24-28H,1-10,15-21,32H2,(H3,33,34)(H,35,39)(H,36,38);1H/t27?,28-;/m0./s1. The van der Waals surface area contributed by atoms with Gasteiger partial charge in [-0.2, -0.15) is 0 Å². The normalized spacial score (nSPS) is 20.7. The van der Waals surface area contributed by atoms with E-state index in [0.717, 1.165) is 75.6 Å². The van der Waals surface area contributed by atoms with Crippen molar-refractivity contribution >= 4 is 30.2 Å². The minimum Gasteiger partial charge on any atom is -0.370 e. The second kappa shape index (κ2) is 16.2. The summed E-state index contributed by atoms with van der Waals surface area (Å²) in [6, 6.07) is 7.86.